The smallest absolute Gasteiger partial charge is 0.222 e. The number of rotatable bonds is 5. The molecule has 3 aromatic heterocycles. The third kappa shape index (κ3) is 3.74. The van der Waals surface area contributed by atoms with Crippen LogP contribution in [0.4, 0.5) is 0 Å². The fraction of sp³-hybridized carbons (Fsp3) is 0.550. The molecule has 29 heavy (non-hydrogen) atoms. The summed E-state index contributed by atoms with van der Waals surface area (Å²) in [4.78, 5) is 17.0. The summed E-state index contributed by atoms with van der Waals surface area (Å²) in [5, 5.41) is 17.4. The maximum Gasteiger partial charge on any atom is 0.222 e. The Morgan fingerprint density at radius 2 is 1.79 bits per heavy atom. The van der Waals surface area contributed by atoms with E-state index in [2.05, 4.69) is 32.2 Å². The molecule has 1 saturated heterocycles. The molecular weight excluding hydrogens is 368 g/mol. The summed E-state index contributed by atoms with van der Waals surface area (Å²) in [6.45, 7) is 12.7. The second kappa shape index (κ2) is 7.90. The number of hydrogen-bond acceptors (Lipinski definition) is 6. The van der Waals surface area contributed by atoms with Gasteiger partial charge in [0, 0.05) is 38.3 Å². The van der Waals surface area contributed by atoms with Gasteiger partial charge in [0.1, 0.15) is 0 Å². The van der Waals surface area contributed by atoms with Gasteiger partial charge in [-0.2, -0.15) is 9.61 Å². The van der Waals surface area contributed by atoms with Crippen LogP contribution in [-0.4, -0.2) is 78.0 Å². The normalized spacial score (nSPS) is 15.4. The Kier molecular flexibility index (Phi) is 5.31. The SMILES string of the molecule is CCN1CCN(C(=O)CCc2c(C)nn(-c3ccc4nnc(C)n4n3)c2C)CC1. The van der Waals surface area contributed by atoms with Gasteiger partial charge in [-0.3, -0.25) is 4.79 Å². The number of nitrogens with zero attached hydrogens (tertiary/aromatic N) is 8. The molecule has 0 atom stereocenters. The average Bonchev–Trinajstić information content (AvgIpc) is 3.25. The number of fused-ring (bicyclic) bond motifs is 1. The van der Waals surface area contributed by atoms with Crippen LogP contribution >= 0.6 is 0 Å². The van der Waals surface area contributed by atoms with Crippen LogP contribution in [0.15, 0.2) is 12.1 Å². The van der Waals surface area contributed by atoms with Gasteiger partial charge in [-0.1, -0.05) is 6.92 Å². The number of carbonyl (C=O) groups excluding carboxylic acids is 1. The molecule has 9 heteroatoms. The van der Waals surface area contributed by atoms with Gasteiger partial charge in [-0.05, 0) is 51.4 Å². The summed E-state index contributed by atoms with van der Waals surface area (Å²) in [6, 6.07) is 3.78. The third-order valence-corrected chi connectivity index (χ3v) is 5.82. The van der Waals surface area contributed by atoms with Crippen LogP contribution in [0, 0.1) is 20.8 Å². The Hall–Kier alpha value is -2.81. The Labute approximate surface area is 170 Å². The zero-order chi connectivity index (χ0) is 20.5. The molecule has 0 N–H and O–H groups in total. The van der Waals surface area contributed by atoms with Crippen LogP contribution in [0.25, 0.3) is 11.5 Å². The average molecular weight is 396 g/mol. The fourth-order valence-electron chi connectivity index (χ4n) is 3.96. The summed E-state index contributed by atoms with van der Waals surface area (Å²) in [5.41, 5.74) is 3.78. The largest absolute Gasteiger partial charge is 0.340 e. The minimum atomic E-state index is 0.229. The summed E-state index contributed by atoms with van der Waals surface area (Å²) in [6.07, 6.45) is 1.20. The molecule has 0 saturated carbocycles. The van der Waals surface area contributed by atoms with E-state index in [-0.39, 0.29) is 5.91 Å². The van der Waals surface area contributed by atoms with Crippen molar-refractivity contribution in [2.75, 3.05) is 32.7 Å². The molecular formula is C20H28N8O. The predicted octanol–water partition coefficient (Wildman–Crippen LogP) is 1.33. The molecule has 4 rings (SSSR count). The first-order chi connectivity index (χ1) is 14.0. The molecule has 1 amide bonds. The van der Waals surface area contributed by atoms with Crippen molar-refractivity contribution in [2.45, 2.75) is 40.5 Å². The standard InChI is InChI=1S/C20H28N8O/c1-5-25-10-12-26(13-11-25)20(29)9-6-17-14(2)23-27(15(17)3)19-8-7-18-22-21-16(4)28(18)24-19/h7-8H,5-6,9-13H2,1-4H3. The molecule has 0 aromatic carbocycles. The van der Waals surface area contributed by atoms with Gasteiger partial charge in [0.05, 0.1) is 5.69 Å². The van der Waals surface area contributed by atoms with Gasteiger partial charge < -0.3 is 9.80 Å². The minimum Gasteiger partial charge on any atom is -0.340 e. The van der Waals surface area contributed by atoms with Crippen molar-refractivity contribution in [3.63, 3.8) is 0 Å². The first kappa shape index (κ1) is 19.5. The minimum absolute atomic E-state index is 0.229. The van der Waals surface area contributed by atoms with E-state index in [1.54, 1.807) is 4.52 Å². The van der Waals surface area contributed by atoms with Crippen molar-refractivity contribution in [1.29, 1.82) is 0 Å². The number of piperazine rings is 1. The number of hydrogen-bond donors (Lipinski definition) is 0. The lowest BCUT2D eigenvalue weighted by Crippen LogP contribution is -2.48. The lowest BCUT2D eigenvalue weighted by Gasteiger charge is -2.34. The Morgan fingerprint density at radius 3 is 2.52 bits per heavy atom. The summed E-state index contributed by atoms with van der Waals surface area (Å²) in [5.74, 6) is 1.68. The number of amides is 1. The maximum atomic E-state index is 12.7. The molecule has 4 heterocycles. The second-order valence-electron chi connectivity index (χ2n) is 7.58. The Balaban J connectivity index is 1.48. The highest BCUT2D eigenvalue weighted by atomic mass is 16.2. The number of carbonyl (C=O) groups is 1. The summed E-state index contributed by atoms with van der Waals surface area (Å²) < 4.78 is 3.55. The molecule has 3 aromatic rings. The molecule has 0 spiro atoms. The lowest BCUT2D eigenvalue weighted by molar-refractivity contribution is -0.132. The molecule has 154 valence electrons. The summed E-state index contributed by atoms with van der Waals surface area (Å²) in [7, 11) is 0. The predicted molar refractivity (Wildman–Crippen MR) is 109 cm³/mol. The fourth-order valence-corrected chi connectivity index (χ4v) is 3.96. The van der Waals surface area contributed by atoms with Crippen molar-refractivity contribution in [3.05, 3.63) is 34.9 Å². The number of aromatic nitrogens is 6. The van der Waals surface area contributed by atoms with Crippen molar-refractivity contribution in [1.82, 2.24) is 39.4 Å². The van der Waals surface area contributed by atoms with Crippen LogP contribution in [0.2, 0.25) is 0 Å². The molecule has 0 radical (unpaired) electrons. The van der Waals surface area contributed by atoms with Crippen molar-refractivity contribution in [2.24, 2.45) is 0 Å². The van der Waals surface area contributed by atoms with Gasteiger partial charge in [0.15, 0.2) is 17.3 Å². The van der Waals surface area contributed by atoms with E-state index in [1.165, 1.54) is 0 Å². The molecule has 1 fully saturated rings. The third-order valence-electron chi connectivity index (χ3n) is 5.82. The van der Waals surface area contributed by atoms with Gasteiger partial charge in [-0.15, -0.1) is 15.3 Å². The van der Waals surface area contributed by atoms with Crippen LogP contribution < -0.4 is 0 Å². The van der Waals surface area contributed by atoms with Crippen molar-refractivity contribution >= 4 is 11.6 Å². The lowest BCUT2D eigenvalue weighted by atomic mass is 10.1. The molecule has 0 aliphatic carbocycles. The topological polar surface area (TPSA) is 84.5 Å². The zero-order valence-electron chi connectivity index (χ0n) is 17.6. The van der Waals surface area contributed by atoms with E-state index < -0.39 is 0 Å². The highest BCUT2D eigenvalue weighted by molar-refractivity contribution is 5.76. The van der Waals surface area contributed by atoms with E-state index in [1.807, 2.05) is 42.5 Å². The van der Waals surface area contributed by atoms with Crippen LogP contribution in [0.5, 0.6) is 0 Å². The quantitative estimate of drug-likeness (QED) is 0.647. The molecule has 0 unspecified atom stereocenters. The second-order valence-corrected chi connectivity index (χ2v) is 7.58. The van der Waals surface area contributed by atoms with Gasteiger partial charge in [0.25, 0.3) is 0 Å². The number of likely N-dealkylation sites (N-methyl/N-ethyl adjacent to an activating group) is 1. The molecule has 9 nitrogen and oxygen atoms in total. The Morgan fingerprint density at radius 1 is 1.03 bits per heavy atom. The van der Waals surface area contributed by atoms with Crippen LogP contribution in [0.3, 0.4) is 0 Å². The van der Waals surface area contributed by atoms with Crippen molar-refractivity contribution in [3.8, 4) is 5.82 Å². The Bertz CT molecular complexity index is 1030. The van der Waals surface area contributed by atoms with E-state index in [0.717, 1.165) is 55.5 Å². The maximum absolute atomic E-state index is 12.7. The van der Waals surface area contributed by atoms with E-state index in [9.17, 15) is 4.79 Å². The van der Waals surface area contributed by atoms with Gasteiger partial charge in [0.2, 0.25) is 5.91 Å². The first-order valence-electron chi connectivity index (χ1n) is 10.2. The zero-order valence-corrected chi connectivity index (χ0v) is 17.6. The van der Waals surface area contributed by atoms with Crippen LogP contribution in [0.1, 0.15) is 36.1 Å². The summed E-state index contributed by atoms with van der Waals surface area (Å²) >= 11 is 0. The molecule has 0 bridgehead atoms. The van der Waals surface area contributed by atoms with Gasteiger partial charge >= 0.3 is 0 Å². The van der Waals surface area contributed by atoms with Crippen molar-refractivity contribution < 1.29 is 4.79 Å². The number of aryl methyl sites for hydroxylation is 2. The van der Waals surface area contributed by atoms with E-state index in [0.29, 0.717) is 24.3 Å². The first-order valence-corrected chi connectivity index (χ1v) is 10.2. The molecule has 1 aliphatic rings. The highest BCUT2D eigenvalue weighted by Crippen LogP contribution is 2.19. The van der Waals surface area contributed by atoms with Gasteiger partial charge in [-0.25, -0.2) is 4.68 Å². The van der Waals surface area contributed by atoms with Crippen LogP contribution in [-0.2, 0) is 11.2 Å². The van der Waals surface area contributed by atoms with E-state index >= 15 is 0 Å². The monoisotopic (exact) mass is 396 g/mol. The van der Waals surface area contributed by atoms with E-state index in [4.69, 9.17) is 0 Å². The highest BCUT2D eigenvalue weighted by Gasteiger charge is 2.21. The molecule has 1 aliphatic heterocycles.